The van der Waals surface area contributed by atoms with Crippen LogP contribution in [-0.2, 0) is 0 Å². The summed E-state index contributed by atoms with van der Waals surface area (Å²) in [5, 5.41) is 0. The van der Waals surface area contributed by atoms with Crippen molar-refractivity contribution in [1.29, 1.82) is 0 Å². The topological polar surface area (TPSA) is 52.5 Å². The van der Waals surface area contributed by atoms with E-state index in [1.807, 2.05) is 29.7 Å². The van der Waals surface area contributed by atoms with Gasteiger partial charge >= 0.3 is 0 Å². The average molecular weight is 219 g/mol. The first-order valence-electron chi connectivity index (χ1n) is 5.51. The zero-order valence-electron chi connectivity index (χ0n) is 9.73. The molecule has 0 amide bonds. The summed E-state index contributed by atoms with van der Waals surface area (Å²) in [7, 11) is 0. The summed E-state index contributed by atoms with van der Waals surface area (Å²) in [4.78, 5) is 4.50. The van der Waals surface area contributed by atoms with E-state index in [1.54, 1.807) is 0 Å². The molecule has 0 aliphatic rings. The summed E-state index contributed by atoms with van der Waals surface area (Å²) in [6.07, 6.45) is 2.86. The van der Waals surface area contributed by atoms with E-state index < -0.39 is 0 Å². The van der Waals surface area contributed by atoms with E-state index in [0.29, 0.717) is 13.2 Å². The fourth-order valence-corrected chi connectivity index (χ4v) is 1.65. The van der Waals surface area contributed by atoms with Crippen molar-refractivity contribution in [2.45, 2.75) is 20.3 Å². The van der Waals surface area contributed by atoms with Gasteiger partial charge in [0.05, 0.1) is 12.3 Å². The van der Waals surface area contributed by atoms with Crippen LogP contribution in [0.1, 0.15) is 17.8 Å². The maximum atomic E-state index is 5.66. The van der Waals surface area contributed by atoms with Crippen LogP contribution in [0.3, 0.4) is 0 Å². The first kappa shape index (κ1) is 11.0. The molecule has 4 nitrogen and oxygen atoms in total. The number of ether oxygens (including phenoxy) is 1. The van der Waals surface area contributed by atoms with Crippen molar-refractivity contribution in [2.24, 2.45) is 5.73 Å². The predicted molar refractivity (Wildman–Crippen MR) is 63.8 cm³/mol. The fraction of sp³-hybridized carbons (Fsp3) is 0.417. The van der Waals surface area contributed by atoms with Crippen molar-refractivity contribution in [3.8, 4) is 5.75 Å². The van der Waals surface area contributed by atoms with E-state index in [1.165, 1.54) is 0 Å². The van der Waals surface area contributed by atoms with Gasteiger partial charge in [0.15, 0.2) is 11.4 Å². The first-order valence-corrected chi connectivity index (χ1v) is 5.51. The number of hydrogen-bond donors (Lipinski definition) is 1. The number of nitrogens with two attached hydrogens (primary N) is 1. The molecule has 0 radical (unpaired) electrons. The summed E-state index contributed by atoms with van der Waals surface area (Å²) in [5.74, 6) is 0.826. The van der Waals surface area contributed by atoms with Gasteiger partial charge in [-0.15, -0.1) is 0 Å². The standard InChI is InChI=1S/C12H17N3O/c1-9-10(2)15-7-3-5-11(12(15)14-9)16-8-4-6-13/h3,5,7H,4,6,8,13H2,1-2H3. The number of hydrogen-bond acceptors (Lipinski definition) is 3. The summed E-state index contributed by atoms with van der Waals surface area (Å²) in [6, 6.07) is 3.91. The van der Waals surface area contributed by atoms with Gasteiger partial charge in [-0.25, -0.2) is 4.98 Å². The fourth-order valence-electron chi connectivity index (χ4n) is 1.65. The second kappa shape index (κ2) is 4.53. The second-order valence-corrected chi connectivity index (χ2v) is 3.84. The number of imidazole rings is 1. The van der Waals surface area contributed by atoms with Crippen molar-refractivity contribution in [3.05, 3.63) is 29.7 Å². The third-order valence-corrected chi connectivity index (χ3v) is 2.70. The van der Waals surface area contributed by atoms with Crippen molar-refractivity contribution in [3.63, 3.8) is 0 Å². The Labute approximate surface area is 95.0 Å². The molecule has 0 unspecified atom stereocenters. The minimum atomic E-state index is 0.640. The second-order valence-electron chi connectivity index (χ2n) is 3.84. The van der Waals surface area contributed by atoms with Crippen molar-refractivity contribution in [1.82, 2.24) is 9.38 Å². The minimum absolute atomic E-state index is 0.640. The van der Waals surface area contributed by atoms with Crippen LogP contribution in [0.25, 0.3) is 5.65 Å². The molecule has 2 aromatic heterocycles. The highest BCUT2D eigenvalue weighted by Crippen LogP contribution is 2.21. The van der Waals surface area contributed by atoms with Crippen LogP contribution in [-0.4, -0.2) is 22.5 Å². The number of pyridine rings is 1. The Hall–Kier alpha value is -1.55. The molecule has 2 aromatic rings. The van der Waals surface area contributed by atoms with Gasteiger partial charge < -0.3 is 14.9 Å². The Morgan fingerprint density at radius 1 is 1.44 bits per heavy atom. The normalized spacial score (nSPS) is 10.9. The SMILES string of the molecule is Cc1nc2c(OCCCN)cccn2c1C. The van der Waals surface area contributed by atoms with E-state index in [4.69, 9.17) is 10.5 Å². The third-order valence-electron chi connectivity index (χ3n) is 2.70. The van der Waals surface area contributed by atoms with Gasteiger partial charge in [0.2, 0.25) is 0 Å². The van der Waals surface area contributed by atoms with Gasteiger partial charge in [-0.05, 0) is 38.9 Å². The predicted octanol–water partition coefficient (Wildman–Crippen LogP) is 1.68. The van der Waals surface area contributed by atoms with Crippen LogP contribution in [0.5, 0.6) is 5.75 Å². The maximum Gasteiger partial charge on any atom is 0.180 e. The van der Waals surface area contributed by atoms with Gasteiger partial charge in [0.25, 0.3) is 0 Å². The number of fused-ring (bicyclic) bond motifs is 1. The molecular weight excluding hydrogens is 202 g/mol. The van der Waals surface area contributed by atoms with E-state index in [2.05, 4.69) is 11.9 Å². The maximum absolute atomic E-state index is 5.66. The number of aryl methyl sites for hydroxylation is 2. The lowest BCUT2D eigenvalue weighted by atomic mass is 10.4. The lowest BCUT2D eigenvalue weighted by Gasteiger charge is -2.06. The zero-order valence-corrected chi connectivity index (χ0v) is 9.73. The van der Waals surface area contributed by atoms with Crippen LogP contribution in [0.4, 0.5) is 0 Å². The van der Waals surface area contributed by atoms with Crippen LogP contribution in [0.2, 0.25) is 0 Å². The molecule has 0 atom stereocenters. The minimum Gasteiger partial charge on any atom is -0.490 e. The summed E-state index contributed by atoms with van der Waals surface area (Å²) in [6.45, 7) is 5.35. The van der Waals surface area contributed by atoms with Crippen LogP contribution < -0.4 is 10.5 Å². The van der Waals surface area contributed by atoms with Crippen LogP contribution >= 0.6 is 0 Å². The molecule has 2 rings (SSSR count). The summed E-state index contributed by atoms with van der Waals surface area (Å²) < 4.78 is 7.71. The molecule has 0 aliphatic heterocycles. The van der Waals surface area contributed by atoms with Gasteiger partial charge in [-0.3, -0.25) is 0 Å². The molecule has 0 fully saturated rings. The Bertz CT molecular complexity index is 490. The molecule has 2 N–H and O–H groups in total. The van der Waals surface area contributed by atoms with Crippen LogP contribution in [0.15, 0.2) is 18.3 Å². The lowest BCUT2D eigenvalue weighted by Crippen LogP contribution is -2.06. The molecule has 0 spiro atoms. The van der Waals surface area contributed by atoms with Gasteiger partial charge in [0.1, 0.15) is 0 Å². The quantitative estimate of drug-likeness (QED) is 0.796. The van der Waals surface area contributed by atoms with E-state index in [0.717, 1.165) is 29.2 Å². The summed E-state index contributed by atoms with van der Waals surface area (Å²) >= 11 is 0. The molecule has 86 valence electrons. The molecule has 4 heteroatoms. The Morgan fingerprint density at radius 3 is 3.00 bits per heavy atom. The lowest BCUT2D eigenvalue weighted by molar-refractivity contribution is 0.315. The highest BCUT2D eigenvalue weighted by atomic mass is 16.5. The average Bonchev–Trinajstić information content (AvgIpc) is 2.57. The Kier molecular flexibility index (Phi) is 3.10. The number of nitrogens with zero attached hydrogens (tertiary/aromatic N) is 2. The van der Waals surface area contributed by atoms with Gasteiger partial charge in [-0.1, -0.05) is 0 Å². The highest BCUT2D eigenvalue weighted by Gasteiger charge is 2.08. The number of rotatable bonds is 4. The van der Waals surface area contributed by atoms with Gasteiger partial charge in [-0.2, -0.15) is 0 Å². The van der Waals surface area contributed by atoms with E-state index in [9.17, 15) is 0 Å². The van der Waals surface area contributed by atoms with E-state index >= 15 is 0 Å². The third kappa shape index (κ3) is 1.88. The zero-order chi connectivity index (χ0) is 11.5. The molecule has 0 bridgehead atoms. The highest BCUT2D eigenvalue weighted by molar-refractivity contribution is 5.55. The summed E-state index contributed by atoms with van der Waals surface area (Å²) in [5.41, 5.74) is 8.51. The molecule has 0 aromatic carbocycles. The molecule has 0 aliphatic carbocycles. The van der Waals surface area contributed by atoms with Gasteiger partial charge in [0, 0.05) is 11.9 Å². The van der Waals surface area contributed by atoms with Crippen LogP contribution in [0, 0.1) is 13.8 Å². The molecule has 16 heavy (non-hydrogen) atoms. The number of aromatic nitrogens is 2. The van der Waals surface area contributed by atoms with Crippen molar-refractivity contribution >= 4 is 5.65 Å². The smallest absolute Gasteiger partial charge is 0.180 e. The van der Waals surface area contributed by atoms with E-state index in [-0.39, 0.29) is 0 Å². The monoisotopic (exact) mass is 219 g/mol. The Balaban J connectivity index is 2.34. The molecular formula is C12H17N3O. The molecule has 2 heterocycles. The Morgan fingerprint density at radius 2 is 2.25 bits per heavy atom. The van der Waals surface area contributed by atoms with Crippen molar-refractivity contribution in [2.75, 3.05) is 13.2 Å². The van der Waals surface area contributed by atoms with Crippen molar-refractivity contribution < 1.29 is 4.74 Å². The largest absolute Gasteiger partial charge is 0.490 e. The first-order chi connectivity index (χ1) is 7.74. The molecule has 0 saturated carbocycles. The molecule has 0 saturated heterocycles.